The molecule has 0 bridgehead atoms. The summed E-state index contributed by atoms with van der Waals surface area (Å²) in [5.41, 5.74) is 7.14. The van der Waals surface area contributed by atoms with Gasteiger partial charge in [0.15, 0.2) is 0 Å². The zero-order valence-corrected chi connectivity index (χ0v) is 13.6. The van der Waals surface area contributed by atoms with Crippen molar-refractivity contribution < 1.29 is 19.1 Å². The van der Waals surface area contributed by atoms with E-state index in [-0.39, 0.29) is 12.5 Å². The molecule has 0 spiro atoms. The molecule has 0 saturated carbocycles. The van der Waals surface area contributed by atoms with Crippen molar-refractivity contribution >= 4 is 23.6 Å². The molecule has 8 heteroatoms. The van der Waals surface area contributed by atoms with Gasteiger partial charge in [0, 0.05) is 18.8 Å². The van der Waals surface area contributed by atoms with Crippen LogP contribution in [0.3, 0.4) is 0 Å². The summed E-state index contributed by atoms with van der Waals surface area (Å²) in [6.45, 7) is 0.656. The summed E-state index contributed by atoms with van der Waals surface area (Å²) >= 11 is 0. The smallest absolute Gasteiger partial charge is 0.328 e. The zero-order chi connectivity index (χ0) is 17.5. The molecule has 1 aromatic carbocycles. The fourth-order valence-corrected chi connectivity index (χ4v) is 2.58. The summed E-state index contributed by atoms with van der Waals surface area (Å²) in [5, 5.41) is 5.16. The van der Waals surface area contributed by atoms with Crippen molar-refractivity contribution in [2.75, 3.05) is 25.9 Å². The molecule has 1 aliphatic rings. The maximum absolute atomic E-state index is 12.2. The van der Waals surface area contributed by atoms with Crippen LogP contribution in [0, 0.1) is 0 Å². The van der Waals surface area contributed by atoms with Gasteiger partial charge in [-0.1, -0.05) is 12.1 Å². The van der Waals surface area contributed by atoms with E-state index in [2.05, 4.69) is 10.6 Å². The monoisotopic (exact) mass is 334 g/mol. The number of nitrogens with zero attached hydrogens (tertiary/aromatic N) is 1. The first kappa shape index (κ1) is 17.6. The average molecular weight is 334 g/mol. The largest absolute Gasteiger partial charge is 0.467 e. The molecule has 0 radical (unpaired) electrons. The van der Waals surface area contributed by atoms with Crippen molar-refractivity contribution in [2.45, 2.75) is 25.4 Å². The van der Waals surface area contributed by atoms with Gasteiger partial charge in [0.25, 0.3) is 0 Å². The van der Waals surface area contributed by atoms with Crippen molar-refractivity contribution in [3.05, 3.63) is 29.8 Å². The summed E-state index contributed by atoms with van der Waals surface area (Å²) in [6.07, 6.45) is 1.33. The molecule has 1 aliphatic heterocycles. The lowest BCUT2D eigenvalue weighted by Crippen LogP contribution is -2.47. The van der Waals surface area contributed by atoms with Crippen molar-refractivity contribution in [1.82, 2.24) is 15.5 Å². The maximum Gasteiger partial charge on any atom is 0.328 e. The van der Waals surface area contributed by atoms with Crippen LogP contribution in [0.15, 0.2) is 24.3 Å². The minimum atomic E-state index is -0.554. The first-order valence-electron chi connectivity index (χ1n) is 7.74. The number of rotatable bonds is 5. The van der Waals surface area contributed by atoms with Crippen molar-refractivity contribution in [2.24, 2.45) is 0 Å². The number of likely N-dealkylation sites (tertiary alicyclic amines) is 1. The molecule has 1 saturated heterocycles. The lowest BCUT2D eigenvalue weighted by Gasteiger charge is -2.22. The Kier molecular flexibility index (Phi) is 6.00. The molecule has 1 heterocycles. The van der Waals surface area contributed by atoms with Crippen LogP contribution in [0.2, 0.25) is 0 Å². The Bertz CT molecular complexity index is 603. The Morgan fingerprint density at radius 1 is 1.25 bits per heavy atom. The van der Waals surface area contributed by atoms with Crippen LogP contribution in [0.5, 0.6) is 0 Å². The van der Waals surface area contributed by atoms with Crippen molar-refractivity contribution in [3.63, 3.8) is 0 Å². The maximum atomic E-state index is 12.2. The molecule has 8 nitrogen and oxygen atoms in total. The highest BCUT2D eigenvalue weighted by Crippen LogP contribution is 2.18. The van der Waals surface area contributed by atoms with E-state index in [1.807, 2.05) is 12.1 Å². The first-order valence-corrected chi connectivity index (χ1v) is 7.74. The van der Waals surface area contributed by atoms with Gasteiger partial charge in [-0.25, -0.2) is 9.59 Å². The van der Waals surface area contributed by atoms with E-state index in [0.29, 0.717) is 25.2 Å². The number of carbonyl (C=O) groups is 3. The fourth-order valence-electron chi connectivity index (χ4n) is 2.58. The minimum absolute atomic E-state index is 0.166. The van der Waals surface area contributed by atoms with Crippen LogP contribution in [-0.4, -0.2) is 49.0 Å². The molecule has 24 heavy (non-hydrogen) atoms. The number of hydrogen-bond acceptors (Lipinski definition) is 5. The van der Waals surface area contributed by atoms with Crippen LogP contribution in [-0.2, 0) is 20.9 Å². The average Bonchev–Trinajstić information content (AvgIpc) is 3.08. The number of nitrogens with one attached hydrogen (secondary N) is 2. The molecular weight excluding hydrogens is 312 g/mol. The van der Waals surface area contributed by atoms with Crippen molar-refractivity contribution in [3.8, 4) is 0 Å². The normalized spacial score (nSPS) is 16.5. The Labute approximate surface area is 140 Å². The summed E-state index contributed by atoms with van der Waals surface area (Å²) in [6, 6.07) is 6.12. The number of nitrogen functional groups attached to an aromatic ring is 1. The lowest BCUT2D eigenvalue weighted by molar-refractivity contribution is -0.150. The molecule has 1 fully saturated rings. The Morgan fingerprint density at radius 2 is 1.96 bits per heavy atom. The van der Waals surface area contributed by atoms with Gasteiger partial charge in [0.05, 0.1) is 13.7 Å². The molecule has 4 N–H and O–H groups in total. The van der Waals surface area contributed by atoms with Gasteiger partial charge >= 0.3 is 12.0 Å². The van der Waals surface area contributed by atoms with Gasteiger partial charge in [-0.2, -0.15) is 0 Å². The number of hydrogen-bond donors (Lipinski definition) is 3. The number of urea groups is 1. The number of ether oxygens (including phenoxy) is 1. The second kappa shape index (κ2) is 8.19. The van der Waals surface area contributed by atoms with E-state index in [9.17, 15) is 14.4 Å². The number of esters is 1. The third-order valence-electron chi connectivity index (χ3n) is 3.88. The van der Waals surface area contributed by atoms with E-state index in [1.165, 1.54) is 12.0 Å². The van der Waals surface area contributed by atoms with Crippen LogP contribution >= 0.6 is 0 Å². The SMILES string of the molecule is COC(=O)[C@@H]1CCCN1C(=O)CNC(=O)NCc1ccc(N)cc1. The Morgan fingerprint density at radius 3 is 2.62 bits per heavy atom. The van der Waals surface area contributed by atoms with E-state index in [0.717, 1.165) is 12.0 Å². The molecule has 1 atom stereocenters. The fraction of sp³-hybridized carbons (Fsp3) is 0.438. The third-order valence-corrected chi connectivity index (χ3v) is 3.88. The first-order chi connectivity index (χ1) is 11.5. The standard InChI is InChI=1S/C16H22N4O4/c1-24-15(22)13-3-2-8-20(13)14(21)10-19-16(23)18-9-11-4-6-12(17)7-5-11/h4-7,13H,2-3,8-10,17H2,1H3,(H2,18,19,23)/t13-/m0/s1. The van der Waals surface area contributed by atoms with Crippen LogP contribution in [0.4, 0.5) is 10.5 Å². The van der Waals surface area contributed by atoms with E-state index >= 15 is 0 Å². The molecule has 1 aromatic rings. The predicted octanol–water partition coefficient (Wildman–Crippen LogP) is 0.232. The van der Waals surface area contributed by atoms with Gasteiger partial charge in [0.2, 0.25) is 5.91 Å². The van der Waals surface area contributed by atoms with Crippen LogP contribution < -0.4 is 16.4 Å². The summed E-state index contributed by atoms with van der Waals surface area (Å²) < 4.78 is 4.69. The number of methoxy groups -OCH3 is 1. The number of amides is 3. The van der Waals surface area contributed by atoms with E-state index in [4.69, 9.17) is 10.5 Å². The Hall–Kier alpha value is -2.77. The highest BCUT2D eigenvalue weighted by atomic mass is 16.5. The van der Waals surface area contributed by atoms with Crippen LogP contribution in [0.25, 0.3) is 0 Å². The van der Waals surface area contributed by atoms with Crippen molar-refractivity contribution in [1.29, 1.82) is 0 Å². The third kappa shape index (κ3) is 4.61. The predicted molar refractivity (Wildman–Crippen MR) is 87.8 cm³/mol. The second-order valence-electron chi connectivity index (χ2n) is 5.55. The molecule has 3 amide bonds. The molecule has 0 aliphatic carbocycles. The number of anilines is 1. The minimum Gasteiger partial charge on any atom is -0.467 e. The molecule has 130 valence electrons. The molecule has 0 aromatic heterocycles. The summed E-state index contributed by atoms with van der Waals surface area (Å²) in [5.74, 6) is -0.723. The van der Waals surface area contributed by atoms with Gasteiger partial charge in [-0.15, -0.1) is 0 Å². The topological polar surface area (TPSA) is 114 Å². The quantitative estimate of drug-likeness (QED) is 0.527. The number of carbonyl (C=O) groups excluding carboxylic acids is 3. The molecule has 0 unspecified atom stereocenters. The van der Waals surface area contributed by atoms with Crippen LogP contribution in [0.1, 0.15) is 18.4 Å². The van der Waals surface area contributed by atoms with Gasteiger partial charge in [0.1, 0.15) is 6.04 Å². The Balaban J connectivity index is 1.75. The van der Waals surface area contributed by atoms with Gasteiger partial charge in [-0.3, -0.25) is 4.79 Å². The lowest BCUT2D eigenvalue weighted by atomic mass is 10.2. The highest BCUT2D eigenvalue weighted by molar-refractivity contribution is 5.88. The van der Waals surface area contributed by atoms with E-state index < -0.39 is 18.0 Å². The summed E-state index contributed by atoms with van der Waals surface area (Å²) in [4.78, 5) is 37.0. The zero-order valence-electron chi connectivity index (χ0n) is 13.6. The second-order valence-corrected chi connectivity index (χ2v) is 5.55. The molecule has 2 rings (SSSR count). The number of nitrogens with two attached hydrogens (primary N) is 1. The van der Waals surface area contributed by atoms with Gasteiger partial charge < -0.3 is 26.0 Å². The number of benzene rings is 1. The molecular formula is C16H22N4O4. The van der Waals surface area contributed by atoms with Gasteiger partial charge in [-0.05, 0) is 30.5 Å². The highest BCUT2D eigenvalue weighted by Gasteiger charge is 2.34. The van der Waals surface area contributed by atoms with E-state index in [1.54, 1.807) is 12.1 Å². The summed E-state index contributed by atoms with van der Waals surface area (Å²) in [7, 11) is 1.30.